The number of unbranched alkanes of at least 4 members (excludes halogenated alkanes) is 1. The van der Waals surface area contributed by atoms with Gasteiger partial charge < -0.3 is 4.74 Å². The first-order chi connectivity index (χ1) is 7.60. The average Bonchev–Trinajstić information content (AvgIpc) is 2.58. The first-order valence-electron chi connectivity index (χ1n) is 6.43. The Kier molecular flexibility index (Phi) is 5.26. The molecule has 0 bridgehead atoms. The minimum atomic E-state index is -0.0607. The van der Waals surface area contributed by atoms with Gasteiger partial charge in [-0.3, -0.25) is 9.69 Å². The molecular formula is C13H25NO2. The minimum absolute atomic E-state index is 0.0232. The van der Waals surface area contributed by atoms with E-state index in [1.54, 1.807) is 0 Å². The molecule has 0 aromatic heterocycles. The Morgan fingerprint density at radius 3 is 2.62 bits per heavy atom. The maximum Gasteiger partial charge on any atom is 0.323 e. The number of carbonyl (C=O) groups is 1. The van der Waals surface area contributed by atoms with Crippen molar-refractivity contribution in [2.24, 2.45) is 5.92 Å². The predicted molar refractivity (Wildman–Crippen MR) is 65.3 cm³/mol. The molecule has 1 heterocycles. The standard InChI is InChI=1S/C13H25NO2/c1-5-6-7-12(13(15)16-4)14-9-10(2)8-11(14)3/h10-12H,5-9H2,1-4H3. The quantitative estimate of drug-likeness (QED) is 0.676. The minimum Gasteiger partial charge on any atom is -0.468 e. The van der Waals surface area contributed by atoms with Gasteiger partial charge in [-0.1, -0.05) is 26.7 Å². The summed E-state index contributed by atoms with van der Waals surface area (Å²) in [4.78, 5) is 14.1. The van der Waals surface area contributed by atoms with Crippen LogP contribution in [0.15, 0.2) is 0 Å². The van der Waals surface area contributed by atoms with Crippen molar-refractivity contribution >= 4 is 5.97 Å². The van der Waals surface area contributed by atoms with Crippen molar-refractivity contribution in [3.05, 3.63) is 0 Å². The summed E-state index contributed by atoms with van der Waals surface area (Å²) in [5.41, 5.74) is 0. The molecule has 3 atom stereocenters. The van der Waals surface area contributed by atoms with Crippen molar-refractivity contribution < 1.29 is 9.53 Å². The molecule has 3 heteroatoms. The van der Waals surface area contributed by atoms with Gasteiger partial charge in [-0.15, -0.1) is 0 Å². The van der Waals surface area contributed by atoms with E-state index < -0.39 is 0 Å². The van der Waals surface area contributed by atoms with E-state index in [0.29, 0.717) is 12.0 Å². The number of likely N-dealkylation sites (tertiary alicyclic amines) is 1. The lowest BCUT2D eigenvalue weighted by molar-refractivity contribution is -0.147. The van der Waals surface area contributed by atoms with Crippen LogP contribution in [0.5, 0.6) is 0 Å². The van der Waals surface area contributed by atoms with Crippen LogP contribution in [0, 0.1) is 5.92 Å². The molecule has 0 amide bonds. The number of rotatable bonds is 5. The molecule has 94 valence electrons. The van der Waals surface area contributed by atoms with E-state index in [-0.39, 0.29) is 12.0 Å². The van der Waals surface area contributed by atoms with Crippen molar-refractivity contribution in [3.63, 3.8) is 0 Å². The Morgan fingerprint density at radius 2 is 2.19 bits per heavy atom. The Labute approximate surface area is 99.1 Å². The lowest BCUT2D eigenvalue weighted by Crippen LogP contribution is -2.43. The molecule has 3 unspecified atom stereocenters. The summed E-state index contributed by atoms with van der Waals surface area (Å²) in [6.07, 6.45) is 4.35. The Morgan fingerprint density at radius 1 is 1.50 bits per heavy atom. The molecule has 0 aromatic carbocycles. The second kappa shape index (κ2) is 6.24. The number of esters is 1. The fourth-order valence-corrected chi connectivity index (χ4v) is 2.72. The summed E-state index contributed by atoms with van der Waals surface area (Å²) >= 11 is 0. The van der Waals surface area contributed by atoms with Gasteiger partial charge in [0.05, 0.1) is 7.11 Å². The van der Waals surface area contributed by atoms with Gasteiger partial charge in [0.2, 0.25) is 0 Å². The number of carbonyl (C=O) groups excluding carboxylic acids is 1. The smallest absolute Gasteiger partial charge is 0.323 e. The molecule has 1 fully saturated rings. The normalized spacial score (nSPS) is 28.0. The van der Waals surface area contributed by atoms with E-state index in [2.05, 4.69) is 25.7 Å². The van der Waals surface area contributed by atoms with Gasteiger partial charge in [0.25, 0.3) is 0 Å². The van der Waals surface area contributed by atoms with Crippen LogP contribution in [-0.4, -0.2) is 36.6 Å². The average molecular weight is 227 g/mol. The molecule has 3 nitrogen and oxygen atoms in total. The van der Waals surface area contributed by atoms with E-state index in [1.165, 1.54) is 13.5 Å². The molecule has 1 aliphatic heterocycles. The van der Waals surface area contributed by atoms with Crippen LogP contribution < -0.4 is 0 Å². The van der Waals surface area contributed by atoms with Gasteiger partial charge in [0.1, 0.15) is 6.04 Å². The zero-order valence-corrected chi connectivity index (χ0v) is 11.0. The summed E-state index contributed by atoms with van der Waals surface area (Å²) in [5.74, 6) is 0.637. The number of hydrogen-bond donors (Lipinski definition) is 0. The second-order valence-corrected chi connectivity index (χ2v) is 5.07. The lowest BCUT2D eigenvalue weighted by Gasteiger charge is -2.29. The third kappa shape index (κ3) is 3.21. The van der Waals surface area contributed by atoms with Crippen LogP contribution in [0.2, 0.25) is 0 Å². The van der Waals surface area contributed by atoms with Crippen LogP contribution in [0.4, 0.5) is 0 Å². The zero-order chi connectivity index (χ0) is 12.1. The SMILES string of the molecule is CCCCC(C(=O)OC)N1CC(C)CC1C. The van der Waals surface area contributed by atoms with E-state index in [4.69, 9.17) is 4.74 Å². The lowest BCUT2D eigenvalue weighted by atomic mass is 10.1. The zero-order valence-electron chi connectivity index (χ0n) is 11.0. The highest BCUT2D eigenvalue weighted by Crippen LogP contribution is 2.26. The van der Waals surface area contributed by atoms with E-state index in [1.807, 2.05) is 0 Å². The molecule has 1 saturated heterocycles. The van der Waals surface area contributed by atoms with E-state index in [9.17, 15) is 4.79 Å². The highest BCUT2D eigenvalue weighted by Gasteiger charge is 2.35. The highest BCUT2D eigenvalue weighted by molar-refractivity contribution is 5.75. The Hall–Kier alpha value is -0.570. The first kappa shape index (κ1) is 13.5. The molecule has 0 aliphatic carbocycles. The number of nitrogens with zero attached hydrogens (tertiary/aromatic N) is 1. The fraction of sp³-hybridized carbons (Fsp3) is 0.923. The van der Waals surface area contributed by atoms with E-state index >= 15 is 0 Å². The monoisotopic (exact) mass is 227 g/mol. The number of methoxy groups -OCH3 is 1. The third-order valence-corrected chi connectivity index (χ3v) is 3.54. The van der Waals surface area contributed by atoms with Crippen molar-refractivity contribution in [3.8, 4) is 0 Å². The molecular weight excluding hydrogens is 202 g/mol. The van der Waals surface area contributed by atoms with Crippen molar-refractivity contribution in [2.45, 2.75) is 58.5 Å². The summed E-state index contributed by atoms with van der Waals surface area (Å²) < 4.78 is 4.92. The van der Waals surface area contributed by atoms with Gasteiger partial charge in [-0.05, 0) is 25.7 Å². The summed E-state index contributed by atoms with van der Waals surface area (Å²) in [6.45, 7) is 7.66. The molecule has 0 saturated carbocycles. The predicted octanol–water partition coefficient (Wildman–Crippen LogP) is 2.45. The third-order valence-electron chi connectivity index (χ3n) is 3.54. The molecule has 1 rings (SSSR count). The van der Waals surface area contributed by atoms with Gasteiger partial charge in [-0.2, -0.15) is 0 Å². The highest BCUT2D eigenvalue weighted by atomic mass is 16.5. The molecule has 0 aromatic rings. The van der Waals surface area contributed by atoms with Crippen molar-refractivity contribution in [1.82, 2.24) is 4.90 Å². The van der Waals surface area contributed by atoms with E-state index in [0.717, 1.165) is 25.8 Å². The number of hydrogen-bond acceptors (Lipinski definition) is 3. The van der Waals surface area contributed by atoms with Crippen molar-refractivity contribution in [2.75, 3.05) is 13.7 Å². The molecule has 0 spiro atoms. The topological polar surface area (TPSA) is 29.5 Å². The Balaban J connectivity index is 2.64. The first-order valence-corrected chi connectivity index (χ1v) is 6.43. The van der Waals surface area contributed by atoms with Gasteiger partial charge >= 0.3 is 5.97 Å². The van der Waals surface area contributed by atoms with Crippen LogP contribution in [0.1, 0.15) is 46.5 Å². The fourth-order valence-electron chi connectivity index (χ4n) is 2.72. The Bertz CT molecular complexity index is 230. The molecule has 0 N–H and O–H groups in total. The van der Waals surface area contributed by atoms with Crippen LogP contribution in [0.3, 0.4) is 0 Å². The molecule has 1 aliphatic rings. The van der Waals surface area contributed by atoms with Crippen molar-refractivity contribution in [1.29, 1.82) is 0 Å². The van der Waals surface area contributed by atoms with Crippen LogP contribution in [-0.2, 0) is 9.53 Å². The number of ether oxygens (including phenoxy) is 1. The second-order valence-electron chi connectivity index (χ2n) is 5.07. The summed E-state index contributed by atoms with van der Waals surface area (Å²) in [5, 5.41) is 0. The molecule has 0 radical (unpaired) electrons. The van der Waals surface area contributed by atoms with Crippen LogP contribution in [0.25, 0.3) is 0 Å². The van der Waals surface area contributed by atoms with Gasteiger partial charge in [0, 0.05) is 12.6 Å². The van der Waals surface area contributed by atoms with Gasteiger partial charge in [0.15, 0.2) is 0 Å². The molecule has 16 heavy (non-hydrogen) atoms. The van der Waals surface area contributed by atoms with Crippen LogP contribution >= 0.6 is 0 Å². The maximum absolute atomic E-state index is 11.8. The van der Waals surface area contributed by atoms with Gasteiger partial charge in [-0.25, -0.2) is 0 Å². The maximum atomic E-state index is 11.8. The summed E-state index contributed by atoms with van der Waals surface area (Å²) in [7, 11) is 1.49. The largest absolute Gasteiger partial charge is 0.468 e. The summed E-state index contributed by atoms with van der Waals surface area (Å²) in [6, 6.07) is 0.487.